The van der Waals surface area contributed by atoms with Gasteiger partial charge in [-0.1, -0.05) is 11.8 Å². The summed E-state index contributed by atoms with van der Waals surface area (Å²) in [5, 5.41) is 0.644. The van der Waals surface area contributed by atoms with Crippen LogP contribution in [0.1, 0.15) is 22.0 Å². The molecule has 0 spiro atoms. The lowest BCUT2D eigenvalue weighted by Gasteiger charge is -2.25. The first-order valence-corrected chi connectivity index (χ1v) is 9.68. The lowest BCUT2D eigenvalue weighted by atomic mass is 10.3. The fourth-order valence-electron chi connectivity index (χ4n) is 2.60. The van der Waals surface area contributed by atoms with Gasteiger partial charge in [0.05, 0.1) is 31.3 Å². The summed E-state index contributed by atoms with van der Waals surface area (Å²) in [6.07, 6.45) is 0. The van der Waals surface area contributed by atoms with Gasteiger partial charge in [-0.05, 0) is 12.1 Å². The number of anilines is 1. The summed E-state index contributed by atoms with van der Waals surface area (Å²) in [5.41, 5.74) is 0.821. The third-order valence-corrected chi connectivity index (χ3v) is 4.88. The molecule has 1 saturated heterocycles. The van der Waals surface area contributed by atoms with Gasteiger partial charge in [0.2, 0.25) is 0 Å². The van der Waals surface area contributed by atoms with E-state index < -0.39 is 0 Å². The van der Waals surface area contributed by atoms with Crippen molar-refractivity contribution in [2.75, 3.05) is 52.4 Å². The minimum atomic E-state index is -0.0946. The van der Waals surface area contributed by atoms with E-state index in [-0.39, 0.29) is 5.91 Å². The highest BCUT2D eigenvalue weighted by molar-refractivity contribution is 7.98. The van der Waals surface area contributed by atoms with E-state index in [1.165, 1.54) is 11.8 Å². The molecular formula is C18H24N4O4S. The van der Waals surface area contributed by atoms with Gasteiger partial charge in [0.1, 0.15) is 11.6 Å². The van der Waals surface area contributed by atoms with E-state index in [0.717, 1.165) is 11.5 Å². The topological polar surface area (TPSA) is 80.9 Å². The molecule has 27 heavy (non-hydrogen) atoms. The summed E-state index contributed by atoms with van der Waals surface area (Å²) in [5.74, 6) is 2.34. The lowest BCUT2D eigenvalue weighted by Crippen LogP contribution is -2.40. The molecule has 3 heterocycles. The van der Waals surface area contributed by atoms with Gasteiger partial charge in [0.25, 0.3) is 5.91 Å². The molecule has 8 nitrogen and oxygen atoms in total. The van der Waals surface area contributed by atoms with Crippen molar-refractivity contribution in [1.82, 2.24) is 14.9 Å². The first-order valence-electron chi connectivity index (χ1n) is 8.69. The van der Waals surface area contributed by atoms with E-state index >= 15 is 0 Å². The van der Waals surface area contributed by atoms with Crippen molar-refractivity contribution >= 4 is 23.5 Å². The second-order valence-electron chi connectivity index (χ2n) is 6.29. The molecule has 3 rings (SSSR count). The largest absolute Gasteiger partial charge is 0.455 e. The Balaban J connectivity index is 1.65. The third kappa shape index (κ3) is 5.21. The normalized spacial score (nSPS) is 14.4. The molecule has 0 saturated carbocycles. The number of thioether (sulfide) groups is 1. The number of methoxy groups -OCH3 is 1. The first kappa shape index (κ1) is 19.7. The van der Waals surface area contributed by atoms with Gasteiger partial charge in [-0.2, -0.15) is 0 Å². The van der Waals surface area contributed by atoms with E-state index in [1.54, 1.807) is 18.1 Å². The van der Waals surface area contributed by atoms with Gasteiger partial charge < -0.3 is 23.7 Å². The fourth-order valence-corrected chi connectivity index (χ4v) is 3.37. The third-order valence-electron chi connectivity index (χ3n) is 4.01. The first-order chi connectivity index (χ1) is 13.1. The van der Waals surface area contributed by atoms with Gasteiger partial charge in [0, 0.05) is 40.4 Å². The molecule has 0 aliphatic carbocycles. The van der Waals surface area contributed by atoms with Crippen molar-refractivity contribution in [2.24, 2.45) is 0 Å². The van der Waals surface area contributed by atoms with E-state index in [2.05, 4.69) is 9.97 Å². The molecule has 0 bridgehead atoms. The van der Waals surface area contributed by atoms with Crippen LogP contribution in [-0.4, -0.2) is 68.3 Å². The van der Waals surface area contributed by atoms with Gasteiger partial charge in [-0.25, -0.2) is 9.97 Å². The van der Waals surface area contributed by atoms with Crippen LogP contribution in [-0.2, 0) is 21.8 Å². The zero-order valence-corrected chi connectivity index (χ0v) is 16.6. The van der Waals surface area contributed by atoms with Crippen molar-refractivity contribution in [1.29, 1.82) is 0 Å². The Bertz CT molecular complexity index is 774. The van der Waals surface area contributed by atoms with Crippen LogP contribution >= 0.6 is 11.8 Å². The number of carbonyl (C=O) groups is 1. The number of aromatic nitrogens is 2. The number of carbonyl (C=O) groups excluding carboxylic acids is 1. The number of hydrogen-bond donors (Lipinski definition) is 0. The number of ether oxygens (including phenoxy) is 2. The Kier molecular flexibility index (Phi) is 6.70. The average Bonchev–Trinajstić information content (AvgIpc) is 3.15. The highest BCUT2D eigenvalue weighted by Gasteiger charge is 2.21. The quantitative estimate of drug-likeness (QED) is 0.523. The van der Waals surface area contributed by atoms with Crippen molar-refractivity contribution in [3.05, 3.63) is 35.4 Å². The maximum absolute atomic E-state index is 12.4. The minimum absolute atomic E-state index is 0.0946. The summed E-state index contributed by atoms with van der Waals surface area (Å²) in [6.45, 7) is 2.75. The van der Waals surface area contributed by atoms with Crippen LogP contribution in [0.3, 0.4) is 0 Å². The molecule has 2 aromatic rings. The molecule has 0 aromatic carbocycles. The summed E-state index contributed by atoms with van der Waals surface area (Å²) in [4.78, 5) is 25.2. The van der Waals surface area contributed by atoms with E-state index in [9.17, 15) is 4.79 Å². The number of morpholine rings is 1. The van der Waals surface area contributed by atoms with Crippen LogP contribution in [0.5, 0.6) is 0 Å². The van der Waals surface area contributed by atoms with Crippen LogP contribution in [0.4, 0.5) is 5.82 Å². The standard InChI is InChI=1S/C18H24N4O4S/c1-21(2)16-10-13(11-24-3)19-18(20-16)27-12-14-4-5-15(26-14)17(23)22-6-8-25-9-7-22/h4-5,10H,6-9,11-12H2,1-3H3. The van der Waals surface area contributed by atoms with Gasteiger partial charge >= 0.3 is 0 Å². The monoisotopic (exact) mass is 392 g/mol. The molecule has 1 aliphatic heterocycles. The Hall–Kier alpha value is -2.10. The van der Waals surface area contributed by atoms with Crippen LogP contribution in [0.15, 0.2) is 27.8 Å². The van der Waals surface area contributed by atoms with Crippen LogP contribution in [0, 0.1) is 0 Å². The average molecular weight is 392 g/mol. The van der Waals surface area contributed by atoms with Crippen molar-refractivity contribution in [3.8, 4) is 0 Å². The predicted octanol–water partition coefficient (Wildman–Crippen LogP) is 2.05. The molecule has 0 atom stereocenters. The molecule has 9 heteroatoms. The number of rotatable bonds is 7. The van der Waals surface area contributed by atoms with Crippen LogP contribution in [0.2, 0.25) is 0 Å². The molecule has 0 N–H and O–H groups in total. The maximum atomic E-state index is 12.4. The van der Waals surface area contributed by atoms with Gasteiger partial charge in [-0.15, -0.1) is 0 Å². The summed E-state index contributed by atoms with van der Waals surface area (Å²) >= 11 is 1.46. The summed E-state index contributed by atoms with van der Waals surface area (Å²) in [7, 11) is 5.51. The molecule has 1 fully saturated rings. The lowest BCUT2D eigenvalue weighted by molar-refractivity contribution is 0.0282. The van der Waals surface area contributed by atoms with E-state index in [1.807, 2.05) is 31.1 Å². The SMILES string of the molecule is COCc1cc(N(C)C)nc(SCc2ccc(C(=O)N3CCOCC3)o2)n1. The second-order valence-corrected chi connectivity index (χ2v) is 7.23. The van der Waals surface area contributed by atoms with Gasteiger partial charge in [0.15, 0.2) is 10.9 Å². The molecule has 2 aromatic heterocycles. The molecule has 1 amide bonds. The maximum Gasteiger partial charge on any atom is 0.289 e. The smallest absolute Gasteiger partial charge is 0.289 e. The molecule has 0 radical (unpaired) electrons. The molecule has 0 unspecified atom stereocenters. The predicted molar refractivity (Wildman–Crippen MR) is 102 cm³/mol. The van der Waals surface area contributed by atoms with Crippen molar-refractivity contribution in [3.63, 3.8) is 0 Å². The van der Waals surface area contributed by atoms with Crippen LogP contribution < -0.4 is 4.90 Å². The summed E-state index contributed by atoms with van der Waals surface area (Å²) in [6, 6.07) is 5.45. The van der Waals surface area contributed by atoms with Crippen molar-refractivity contribution in [2.45, 2.75) is 17.5 Å². The van der Waals surface area contributed by atoms with Crippen molar-refractivity contribution < 1.29 is 18.7 Å². The number of hydrogen-bond acceptors (Lipinski definition) is 8. The Labute approximate surface area is 162 Å². The molecule has 146 valence electrons. The Morgan fingerprint density at radius 1 is 1.30 bits per heavy atom. The minimum Gasteiger partial charge on any atom is -0.455 e. The number of nitrogens with zero attached hydrogens (tertiary/aromatic N) is 4. The highest BCUT2D eigenvalue weighted by atomic mass is 32.2. The number of furan rings is 1. The van der Waals surface area contributed by atoms with E-state index in [4.69, 9.17) is 13.9 Å². The summed E-state index contributed by atoms with van der Waals surface area (Å²) < 4.78 is 16.2. The zero-order chi connectivity index (χ0) is 19.2. The number of amides is 1. The fraction of sp³-hybridized carbons (Fsp3) is 0.500. The zero-order valence-electron chi connectivity index (χ0n) is 15.8. The van der Waals surface area contributed by atoms with E-state index in [0.29, 0.717) is 55.3 Å². The molecular weight excluding hydrogens is 368 g/mol. The second kappa shape index (κ2) is 9.20. The van der Waals surface area contributed by atoms with Crippen LogP contribution in [0.25, 0.3) is 0 Å². The van der Waals surface area contributed by atoms with Gasteiger partial charge in [-0.3, -0.25) is 4.79 Å². The molecule has 1 aliphatic rings. The highest BCUT2D eigenvalue weighted by Crippen LogP contribution is 2.24. The Morgan fingerprint density at radius 3 is 2.78 bits per heavy atom. The Morgan fingerprint density at radius 2 is 2.07 bits per heavy atom.